The zero-order valence-corrected chi connectivity index (χ0v) is 11.4. The summed E-state index contributed by atoms with van der Waals surface area (Å²) in [4.78, 5) is 0. The van der Waals surface area contributed by atoms with Crippen molar-refractivity contribution in [3.05, 3.63) is 46.3 Å². The van der Waals surface area contributed by atoms with Gasteiger partial charge in [0.1, 0.15) is 5.82 Å². The largest absolute Gasteiger partial charge is 0.307 e. The predicted octanol–water partition coefficient (Wildman–Crippen LogP) is 4.63. The highest BCUT2D eigenvalue weighted by Crippen LogP contribution is 2.31. The van der Waals surface area contributed by atoms with Crippen LogP contribution in [-0.4, -0.2) is 6.54 Å². The first-order valence-electron chi connectivity index (χ1n) is 6.59. The molecule has 1 atom stereocenters. The number of likely N-dealkylation sites (N-methyl/N-ethyl adjacent to an activating group) is 1. The molecule has 18 heavy (non-hydrogen) atoms. The van der Waals surface area contributed by atoms with E-state index in [1.165, 1.54) is 24.5 Å². The Morgan fingerprint density at radius 1 is 1.39 bits per heavy atom. The minimum absolute atomic E-state index is 0.00688. The van der Waals surface area contributed by atoms with E-state index in [0.29, 0.717) is 10.6 Å². The van der Waals surface area contributed by atoms with E-state index in [1.54, 1.807) is 12.1 Å². The van der Waals surface area contributed by atoms with Crippen LogP contribution in [0.4, 0.5) is 4.39 Å². The molecule has 1 N–H and O–H groups in total. The van der Waals surface area contributed by atoms with Crippen LogP contribution in [0.3, 0.4) is 0 Å². The topological polar surface area (TPSA) is 12.0 Å². The molecule has 0 aromatic heterocycles. The van der Waals surface area contributed by atoms with Gasteiger partial charge in [-0.05, 0) is 44.4 Å². The minimum atomic E-state index is -0.222. The van der Waals surface area contributed by atoms with Crippen molar-refractivity contribution in [1.82, 2.24) is 5.32 Å². The van der Waals surface area contributed by atoms with Gasteiger partial charge in [0.15, 0.2) is 0 Å². The van der Waals surface area contributed by atoms with E-state index in [2.05, 4.69) is 11.4 Å². The van der Waals surface area contributed by atoms with Crippen LogP contribution < -0.4 is 5.32 Å². The van der Waals surface area contributed by atoms with E-state index < -0.39 is 0 Å². The average Bonchev–Trinajstić information content (AvgIpc) is 2.38. The maximum atomic E-state index is 14.0. The third-order valence-corrected chi connectivity index (χ3v) is 3.61. The van der Waals surface area contributed by atoms with Gasteiger partial charge >= 0.3 is 0 Å². The van der Waals surface area contributed by atoms with Crippen LogP contribution in [0.1, 0.15) is 44.2 Å². The Hall–Kier alpha value is -0.860. The summed E-state index contributed by atoms with van der Waals surface area (Å²) in [5.41, 5.74) is 2.01. The van der Waals surface area contributed by atoms with E-state index in [4.69, 9.17) is 11.6 Å². The van der Waals surface area contributed by atoms with E-state index >= 15 is 0 Å². The van der Waals surface area contributed by atoms with Gasteiger partial charge in [-0.25, -0.2) is 4.39 Å². The average molecular weight is 268 g/mol. The molecule has 1 aromatic carbocycles. The van der Waals surface area contributed by atoms with Crippen molar-refractivity contribution in [3.63, 3.8) is 0 Å². The van der Waals surface area contributed by atoms with Crippen LogP contribution >= 0.6 is 11.6 Å². The molecule has 0 spiro atoms. The molecular weight excluding hydrogens is 249 g/mol. The molecule has 2 rings (SSSR count). The van der Waals surface area contributed by atoms with Crippen molar-refractivity contribution in [2.24, 2.45) is 0 Å². The van der Waals surface area contributed by atoms with Gasteiger partial charge in [-0.15, -0.1) is 0 Å². The van der Waals surface area contributed by atoms with Crippen LogP contribution in [0.2, 0.25) is 5.02 Å². The number of hydrogen-bond donors (Lipinski definition) is 1. The Morgan fingerprint density at radius 3 is 2.83 bits per heavy atom. The molecule has 1 aliphatic carbocycles. The van der Waals surface area contributed by atoms with E-state index in [0.717, 1.165) is 19.4 Å². The first-order valence-corrected chi connectivity index (χ1v) is 6.97. The van der Waals surface area contributed by atoms with Gasteiger partial charge in [0, 0.05) is 10.6 Å². The van der Waals surface area contributed by atoms with Gasteiger partial charge in [0.25, 0.3) is 0 Å². The fourth-order valence-corrected chi connectivity index (χ4v) is 2.66. The van der Waals surface area contributed by atoms with E-state index in [1.807, 2.05) is 6.92 Å². The van der Waals surface area contributed by atoms with Gasteiger partial charge < -0.3 is 5.32 Å². The lowest BCUT2D eigenvalue weighted by molar-refractivity contribution is 0.527. The molecule has 0 saturated carbocycles. The van der Waals surface area contributed by atoms with Crippen molar-refractivity contribution in [3.8, 4) is 0 Å². The SMILES string of the molecule is CCNC(C1=CCCCC1)c1ccc(Cl)cc1F. The molecule has 3 heteroatoms. The van der Waals surface area contributed by atoms with Gasteiger partial charge in [-0.2, -0.15) is 0 Å². The second-order valence-electron chi connectivity index (χ2n) is 4.68. The van der Waals surface area contributed by atoms with E-state index in [-0.39, 0.29) is 11.9 Å². The molecular formula is C15H19ClFN. The highest BCUT2D eigenvalue weighted by Gasteiger charge is 2.20. The second kappa shape index (κ2) is 6.35. The Kier molecular flexibility index (Phi) is 4.79. The molecule has 0 saturated heterocycles. The zero-order chi connectivity index (χ0) is 13.0. The summed E-state index contributed by atoms with van der Waals surface area (Å²) in [6, 6.07) is 4.94. The van der Waals surface area contributed by atoms with Gasteiger partial charge in [0.05, 0.1) is 6.04 Å². The van der Waals surface area contributed by atoms with Crippen molar-refractivity contribution >= 4 is 11.6 Å². The molecule has 0 amide bonds. The number of nitrogens with one attached hydrogen (secondary N) is 1. The summed E-state index contributed by atoms with van der Waals surface area (Å²) < 4.78 is 14.0. The summed E-state index contributed by atoms with van der Waals surface area (Å²) in [7, 11) is 0. The number of halogens is 2. The molecule has 98 valence electrons. The lowest BCUT2D eigenvalue weighted by Crippen LogP contribution is -2.24. The number of allylic oxidation sites excluding steroid dienone is 1. The van der Waals surface area contributed by atoms with Gasteiger partial charge in [0.2, 0.25) is 0 Å². The Bertz CT molecular complexity index is 442. The molecule has 0 fully saturated rings. The Morgan fingerprint density at radius 2 is 2.22 bits per heavy atom. The normalized spacial score (nSPS) is 17.4. The molecule has 1 aromatic rings. The second-order valence-corrected chi connectivity index (χ2v) is 5.12. The van der Waals surface area contributed by atoms with E-state index in [9.17, 15) is 4.39 Å². The highest BCUT2D eigenvalue weighted by atomic mass is 35.5. The quantitative estimate of drug-likeness (QED) is 0.785. The summed E-state index contributed by atoms with van der Waals surface area (Å²) in [5.74, 6) is -0.222. The monoisotopic (exact) mass is 267 g/mol. The Balaban J connectivity index is 2.31. The molecule has 1 unspecified atom stereocenters. The molecule has 1 nitrogen and oxygen atoms in total. The summed E-state index contributed by atoms with van der Waals surface area (Å²) in [6.45, 7) is 2.87. The lowest BCUT2D eigenvalue weighted by Gasteiger charge is -2.25. The number of hydrogen-bond acceptors (Lipinski definition) is 1. The van der Waals surface area contributed by atoms with Gasteiger partial charge in [-0.1, -0.05) is 36.2 Å². The minimum Gasteiger partial charge on any atom is -0.307 e. The smallest absolute Gasteiger partial charge is 0.129 e. The van der Waals surface area contributed by atoms with Crippen LogP contribution in [0.15, 0.2) is 29.8 Å². The summed E-state index contributed by atoms with van der Waals surface area (Å²) in [5, 5.41) is 3.83. The number of benzene rings is 1. The molecule has 0 heterocycles. The van der Waals surface area contributed by atoms with Crippen molar-refractivity contribution < 1.29 is 4.39 Å². The fourth-order valence-electron chi connectivity index (χ4n) is 2.51. The highest BCUT2D eigenvalue weighted by molar-refractivity contribution is 6.30. The standard InChI is InChI=1S/C15H19ClFN/c1-2-18-15(11-6-4-3-5-7-11)13-9-8-12(16)10-14(13)17/h6,8-10,15,18H,2-5,7H2,1H3. The maximum absolute atomic E-state index is 14.0. The fraction of sp³-hybridized carbons (Fsp3) is 0.467. The Labute approximate surface area is 113 Å². The first kappa shape index (κ1) is 13.6. The lowest BCUT2D eigenvalue weighted by atomic mass is 9.89. The van der Waals surface area contributed by atoms with Crippen LogP contribution in [0, 0.1) is 5.82 Å². The summed E-state index contributed by atoms with van der Waals surface area (Å²) >= 11 is 5.81. The van der Waals surface area contributed by atoms with Crippen molar-refractivity contribution in [2.75, 3.05) is 6.54 Å². The van der Waals surface area contributed by atoms with Crippen molar-refractivity contribution in [1.29, 1.82) is 0 Å². The first-order chi connectivity index (χ1) is 8.72. The maximum Gasteiger partial charge on any atom is 0.129 e. The van der Waals surface area contributed by atoms with Gasteiger partial charge in [-0.3, -0.25) is 0 Å². The molecule has 0 bridgehead atoms. The number of rotatable bonds is 4. The van der Waals surface area contributed by atoms with Crippen LogP contribution in [0.25, 0.3) is 0 Å². The zero-order valence-electron chi connectivity index (χ0n) is 10.7. The van der Waals surface area contributed by atoms with Crippen LogP contribution in [0.5, 0.6) is 0 Å². The predicted molar refractivity (Wildman–Crippen MR) is 74.4 cm³/mol. The molecule has 0 radical (unpaired) electrons. The third-order valence-electron chi connectivity index (χ3n) is 3.38. The molecule has 1 aliphatic rings. The third kappa shape index (κ3) is 3.12. The van der Waals surface area contributed by atoms with Crippen LogP contribution in [-0.2, 0) is 0 Å². The van der Waals surface area contributed by atoms with Crippen molar-refractivity contribution in [2.45, 2.75) is 38.6 Å². The molecule has 0 aliphatic heterocycles. The summed E-state index contributed by atoms with van der Waals surface area (Å²) in [6.07, 6.45) is 6.85.